The second-order valence-corrected chi connectivity index (χ2v) is 8.97. The Balaban J connectivity index is 0.00000289. The molecule has 3 heterocycles. The molecule has 9 heteroatoms. The van der Waals surface area contributed by atoms with E-state index in [1.807, 2.05) is 35.9 Å². The number of carbonyl (C=O) groups excluding carboxylic acids is 1. The molecule has 1 amide bonds. The Morgan fingerprint density at radius 3 is 2.78 bits per heavy atom. The highest BCUT2D eigenvalue weighted by atomic mass is 35.5. The van der Waals surface area contributed by atoms with E-state index in [2.05, 4.69) is 29.6 Å². The average molecular weight is 481 g/mol. The minimum absolute atomic E-state index is 0. The number of ether oxygens (including phenoxy) is 1. The minimum Gasteiger partial charge on any atom is -0.460 e. The van der Waals surface area contributed by atoms with Crippen LogP contribution in [0.5, 0.6) is 0 Å². The fourth-order valence-corrected chi connectivity index (χ4v) is 4.13. The zero-order chi connectivity index (χ0) is 22.0. The normalized spacial score (nSPS) is 14.5. The van der Waals surface area contributed by atoms with Crippen LogP contribution in [0.1, 0.15) is 49.6 Å². The van der Waals surface area contributed by atoms with Gasteiger partial charge in [0.1, 0.15) is 11.3 Å². The predicted molar refractivity (Wildman–Crippen MR) is 129 cm³/mol. The van der Waals surface area contributed by atoms with Crippen molar-refractivity contribution in [3.63, 3.8) is 0 Å². The lowest BCUT2D eigenvalue weighted by atomic mass is 9.99. The highest BCUT2D eigenvalue weighted by Gasteiger charge is 2.17. The number of halogens is 2. The molecule has 0 spiro atoms. The molecular formula is C23H30Cl2N4O3. The molecule has 1 aromatic carbocycles. The third-order valence-corrected chi connectivity index (χ3v) is 5.90. The van der Waals surface area contributed by atoms with Crippen molar-refractivity contribution < 1.29 is 13.9 Å². The van der Waals surface area contributed by atoms with Crippen molar-refractivity contribution in [2.75, 3.05) is 25.0 Å². The Morgan fingerprint density at radius 1 is 1.31 bits per heavy atom. The second-order valence-electron chi connectivity index (χ2n) is 8.53. The van der Waals surface area contributed by atoms with Gasteiger partial charge in [0.15, 0.2) is 5.82 Å². The lowest BCUT2D eigenvalue weighted by molar-refractivity contribution is 0.130. The molecule has 1 aliphatic heterocycles. The number of furan rings is 1. The highest BCUT2D eigenvalue weighted by Crippen LogP contribution is 2.31. The Kier molecular flexibility index (Phi) is 8.09. The first-order valence-electron chi connectivity index (χ1n) is 10.8. The molecule has 0 saturated carbocycles. The molecule has 32 heavy (non-hydrogen) atoms. The van der Waals surface area contributed by atoms with Crippen LogP contribution >= 0.6 is 24.0 Å². The summed E-state index contributed by atoms with van der Waals surface area (Å²) in [6, 6.07) is 7.68. The van der Waals surface area contributed by atoms with Gasteiger partial charge in [-0.05, 0) is 57.0 Å². The van der Waals surface area contributed by atoms with Gasteiger partial charge in [0.2, 0.25) is 0 Å². The number of rotatable bonds is 6. The maximum Gasteiger partial charge on any atom is 0.412 e. The minimum atomic E-state index is -0.471. The summed E-state index contributed by atoms with van der Waals surface area (Å²) in [5, 5.41) is 12.2. The van der Waals surface area contributed by atoms with Gasteiger partial charge in [0.25, 0.3) is 0 Å². The van der Waals surface area contributed by atoms with E-state index in [-0.39, 0.29) is 18.3 Å². The van der Waals surface area contributed by atoms with E-state index in [9.17, 15) is 4.79 Å². The fourth-order valence-electron chi connectivity index (χ4n) is 3.88. The van der Waals surface area contributed by atoms with Crippen LogP contribution < -0.4 is 10.6 Å². The Hall–Kier alpha value is -2.22. The van der Waals surface area contributed by atoms with Gasteiger partial charge in [-0.1, -0.05) is 25.4 Å². The number of hydrogen-bond donors (Lipinski definition) is 2. The molecule has 1 saturated heterocycles. The number of benzene rings is 1. The largest absolute Gasteiger partial charge is 0.460 e. The molecule has 0 atom stereocenters. The van der Waals surface area contributed by atoms with Gasteiger partial charge in [-0.15, -0.1) is 12.4 Å². The quantitative estimate of drug-likeness (QED) is 0.470. The standard InChI is InChI=1S/C23H29ClN4O3.ClH/c1-14(2)20-11-17-9-19(24)10-18(22(17)31-20)12-28-15(3)8-21(27-28)26-23(29)30-13-16-4-6-25-7-5-16;/h8-11,14,16,25H,4-7,12-13H2,1-3H3,(H,26,27,29);1H. The van der Waals surface area contributed by atoms with Gasteiger partial charge in [-0.2, -0.15) is 5.10 Å². The van der Waals surface area contributed by atoms with Crippen molar-refractivity contribution in [2.45, 2.75) is 46.1 Å². The summed E-state index contributed by atoms with van der Waals surface area (Å²) < 4.78 is 13.3. The van der Waals surface area contributed by atoms with Crippen LogP contribution in [0.4, 0.5) is 10.6 Å². The van der Waals surface area contributed by atoms with E-state index < -0.39 is 6.09 Å². The molecule has 2 aromatic heterocycles. The number of nitrogens with zero attached hydrogens (tertiary/aromatic N) is 2. The molecule has 1 aliphatic rings. The molecule has 4 rings (SSSR count). The molecule has 2 N–H and O–H groups in total. The summed E-state index contributed by atoms with van der Waals surface area (Å²) in [5.41, 5.74) is 2.68. The summed E-state index contributed by atoms with van der Waals surface area (Å²) in [5.74, 6) is 2.10. The van der Waals surface area contributed by atoms with Crippen molar-refractivity contribution >= 4 is 46.9 Å². The number of anilines is 1. The summed E-state index contributed by atoms with van der Waals surface area (Å²) >= 11 is 6.34. The van der Waals surface area contributed by atoms with Crippen LogP contribution in [0.15, 0.2) is 28.7 Å². The Bertz CT molecular complexity index is 1070. The first kappa shape index (κ1) is 24.4. The SMILES string of the molecule is Cc1cc(NC(=O)OCC2CCNCC2)nn1Cc1cc(Cl)cc2cc(C(C)C)oc12.Cl. The van der Waals surface area contributed by atoms with Gasteiger partial charge in [-0.3, -0.25) is 10.00 Å². The van der Waals surface area contributed by atoms with Crippen LogP contribution in [0.3, 0.4) is 0 Å². The van der Waals surface area contributed by atoms with E-state index in [0.29, 0.717) is 29.9 Å². The first-order chi connectivity index (χ1) is 14.9. The molecule has 0 aliphatic carbocycles. The van der Waals surface area contributed by atoms with Gasteiger partial charge in [0.05, 0.1) is 13.2 Å². The topological polar surface area (TPSA) is 81.3 Å². The van der Waals surface area contributed by atoms with Crippen molar-refractivity contribution in [3.05, 3.63) is 46.3 Å². The fraction of sp³-hybridized carbons (Fsp3) is 0.478. The monoisotopic (exact) mass is 480 g/mol. The van der Waals surface area contributed by atoms with Crippen LogP contribution in [-0.2, 0) is 11.3 Å². The van der Waals surface area contributed by atoms with Gasteiger partial charge in [0, 0.05) is 33.7 Å². The Morgan fingerprint density at radius 2 is 2.06 bits per heavy atom. The lowest BCUT2D eigenvalue weighted by Crippen LogP contribution is -2.31. The van der Waals surface area contributed by atoms with Crippen LogP contribution in [0.25, 0.3) is 11.0 Å². The zero-order valence-corrected chi connectivity index (χ0v) is 20.2. The maximum absolute atomic E-state index is 12.2. The first-order valence-corrected chi connectivity index (χ1v) is 11.2. The lowest BCUT2D eigenvalue weighted by Gasteiger charge is -2.21. The molecular weight excluding hydrogens is 451 g/mol. The summed E-state index contributed by atoms with van der Waals surface area (Å²) in [4.78, 5) is 12.2. The van der Waals surface area contributed by atoms with E-state index in [0.717, 1.165) is 53.9 Å². The van der Waals surface area contributed by atoms with Gasteiger partial charge >= 0.3 is 6.09 Å². The Labute approximate surface area is 199 Å². The van der Waals surface area contributed by atoms with E-state index in [4.69, 9.17) is 20.8 Å². The third-order valence-electron chi connectivity index (χ3n) is 5.69. The number of fused-ring (bicyclic) bond motifs is 1. The number of aromatic nitrogens is 2. The number of aryl methyl sites for hydroxylation is 1. The van der Waals surface area contributed by atoms with Crippen LogP contribution in [-0.4, -0.2) is 35.6 Å². The number of hydrogen-bond acceptors (Lipinski definition) is 5. The molecule has 7 nitrogen and oxygen atoms in total. The van der Waals surface area contributed by atoms with Crippen molar-refractivity contribution in [1.82, 2.24) is 15.1 Å². The molecule has 174 valence electrons. The molecule has 0 unspecified atom stereocenters. The number of carbonyl (C=O) groups is 1. The maximum atomic E-state index is 12.2. The zero-order valence-electron chi connectivity index (χ0n) is 18.6. The number of nitrogens with one attached hydrogen (secondary N) is 2. The second kappa shape index (κ2) is 10.6. The number of piperidine rings is 1. The van der Waals surface area contributed by atoms with Crippen molar-refractivity contribution in [3.8, 4) is 0 Å². The van der Waals surface area contributed by atoms with E-state index >= 15 is 0 Å². The molecule has 3 aromatic rings. The summed E-state index contributed by atoms with van der Waals surface area (Å²) in [6.45, 7) is 9.01. The van der Waals surface area contributed by atoms with Gasteiger partial charge in [-0.25, -0.2) is 4.79 Å². The molecule has 1 fully saturated rings. The summed E-state index contributed by atoms with van der Waals surface area (Å²) in [6.07, 6.45) is 1.59. The smallest absolute Gasteiger partial charge is 0.412 e. The molecule has 0 radical (unpaired) electrons. The highest BCUT2D eigenvalue weighted by molar-refractivity contribution is 6.31. The van der Waals surface area contributed by atoms with Crippen LogP contribution in [0, 0.1) is 12.8 Å². The van der Waals surface area contributed by atoms with E-state index in [1.165, 1.54) is 0 Å². The molecule has 0 bridgehead atoms. The number of amides is 1. The summed E-state index contributed by atoms with van der Waals surface area (Å²) in [7, 11) is 0. The van der Waals surface area contributed by atoms with Crippen LogP contribution in [0.2, 0.25) is 5.02 Å². The average Bonchev–Trinajstić information content (AvgIpc) is 3.31. The van der Waals surface area contributed by atoms with Crippen molar-refractivity contribution in [1.29, 1.82) is 0 Å². The van der Waals surface area contributed by atoms with Gasteiger partial charge < -0.3 is 14.5 Å². The predicted octanol–water partition coefficient (Wildman–Crippen LogP) is 5.73. The van der Waals surface area contributed by atoms with E-state index in [1.54, 1.807) is 0 Å². The van der Waals surface area contributed by atoms with Crippen molar-refractivity contribution in [2.24, 2.45) is 5.92 Å². The third kappa shape index (κ3) is 5.77.